The predicted octanol–water partition coefficient (Wildman–Crippen LogP) is 4.45. The summed E-state index contributed by atoms with van der Waals surface area (Å²) in [4.78, 5) is 27.2. The lowest BCUT2D eigenvalue weighted by molar-refractivity contribution is -0.129. The fourth-order valence-corrected chi connectivity index (χ4v) is 3.33. The quantitative estimate of drug-likeness (QED) is 0.682. The average molecular weight is 383 g/mol. The summed E-state index contributed by atoms with van der Waals surface area (Å²) in [6, 6.07) is 9.72. The van der Waals surface area contributed by atoms with Crippen molar-refractivity contribution >= 4 is 11.7 Å². The van der Waals surface area contributed by atoms with E-state index >= 15 is 0 Å². The summed E-state index contributed by atoms with van der Waals surface area (Å²) in [7, 11) is 0. The number of rotatable bonds is 8. The van der Waals surface area contributed by atoms with Gasteiger partial charge < -0.3 is 19.2 Å². The number of carbonyl (C=O) groups is 2. The van der Waals surface area contributed by atoms with Crippen LogP contribution < -0.4 is 4.74 Å². The number of ether oxygens (including phenoxy) is 1. The number of unbranched alkanes of at least 4 members (excludes halogenated alkanes) is 1. The molecule has 0 fully saturated rings. The van der Waals surface area contributed by atoms with Crippen LogP contribution in [-0.4, -0.2) is 34.3 Å². The molecule has 148 valence electrons. The molecule has 0 bridgehead atoms. The van der Waals surface area contributed by atoms with Crippen molar-refractivity contribution in [2.75, 3.05) is 6.54 Å². The van der Waals surface area contributed by atoms with Gasteiger partial charge in [-0.15, -0.1) is 0 Å². The molecular weight excluding hydrogens is 358 g/mol. The first-order valence-corrected chi connectivity index (χ1v) is 9.53. The van der Waals surface area contributed by atoms with E-state index in [2.05, 4.69) is 0 Å². The highest BCUT2D eigenvalue weighted by Crippen LogP contribution is 2.39. The van der Waals surface area contributed by atoms with Crippen molar-refractivity contribution in [2.24, 2.45) is 0 Å². The molecule has 6 nitrogen and oxygen atoms in total. The van der Waals surface area contributed by atoms with Crippen molar-refractivity contribution in [1.29, 1.82) is 0 Å². The third kappa shape index (κ3) is 3.81. The van der Waals surface area contributed by atoms with E-state index < -0.39 is 23.5 Å². The minimum atomic E-state index is -0.662. The molecule has 1 atom stereocenters. The van der Waals surface area contributed by atoms with Crippen molar-refractivity contribution in [2.45, 2.75) is 45.8 Å². The van der Waals surface area contributed by atoms with Gasteiger partial charge in [-0.3, -0.25) is 9.59 Å². The Morgan fingerprint density at radius 1 is 1.25 bits per heavy atom. The van der Waals surface area contributed by atoms with Crippen molar-refractivity contribution in [3.8, 4) is 5.75 Å². The summed E-state index contributed by atoms with van der Waals surface area (Å²) >= 11 is 0. The highest BCUT2D eigenvalue weighted by Gasteiger charge is 2.44. The topological polar surface area (TPSA) is 80.0 Å². The summed E-state index contributed by atoms with van der Waals surface area (Å²) in [6.45, 7) is 6.35. The number of carbonyl (C=O) groups excluding carboxylic acids is 2. The molecule has 1 aliphatic rings. The van der Waals surface area contributed by atoms with Crippen LogP contribution >= 0.6 is 0 Å². The molecule has 0 spiro atoms. The number of hydrogen-bond acceptors (Lipinski definition) is 5. The maximum Gasteiger partial charge on any atom is 0.290 e. The van der Waals surface area contributed by atoms with Crippen molar-refractivity contribution in [1.82, 2.24) is 4.90 Å². The molecule has 6 heteroatoms. The molecule has 0 saturated carbocycles. The van der Waals surface area contributed by atoms with Gasteiger partial charge in [0.05, 0.1) is 24.0 Å². The Labute approximate surface area is 164 Å². The number of nitrogens with zero attached hydrogens (tertiary/aromatic N) is 1. The number of benzene rings is 1. The second kappa shape index (κ2) is 8.33. The normalized spacial score (nSPS) is 16.9. The van der Waals surface area contributed by atoms with Crippen LogP contribution in [-0.2, 0) is 4.79 Å². The lowest BCUT2D eigenvalue weighted by Gasteiger charge is -2.26. The van der Waals surface area contributed by atoms with Crippen molar-refractivity contribution in [3.05, 3.63) is 65.3 Å². The molecular formula is C22H25NO5. The van der Waals surface area contributed by atoms with Gasteiger partial charge in [-0.1, -0.05) is 25.5 Å². The Morgan fingerprint density at radius 3 is 2.54 bits per heavy atom. The Morgan fingerprint density at radius 2 is 1.96 bits per heavy atom. The first-order valence-electron chi connectivity index (χ1n) is 9.53. The van der Waals surface area contributed by atoms with Crippen molar-refractivity contribution in [3.63, 3.8) is 0 Å². The third-order valence-electron chi connectivity index (χ3n) is 4.61. The fourth-order valence-electron chi connectivity index (χ4n) is 3.33. The maximum absolute atomic E-state index is 13.0. The number of aliphatic hydroxyl groups excluding tert-OH is 1. The lowest BCUT2D eigenvalue weighted by atomic mass is 9.95. The molecule has 28 heavy (non-hydrogen) atoms. The molecule has 2 heterocycles. The van der Waals surface area contributed by atoms with Crippen LogP contribution in [0.3, 0.4) is 0 Å². The van der Waals surface area contributed by atoms with E-state index in [9.17, 15) is 14.7 Å². The minimum absolute atomic E-state index is 0.0417. The SMILES string of the molecule is CCCCN1C(=O)C(O)=C(C(=O)c2ccco2)C1c1ccc(OC(C)C)cc1. The molecule has 1 aromatic heterocycles. The minimum Gasteiger partial charge on any atom is -0.503 e. The van der Waals surface area contributed by atoms with Crippen LogP contribution in [0.25, 0.3) is 0 Å². The Balaban J connectivity index is 2.00. The summed E-state index contributed by atoms with van der Waals surface area (Å²) in [6.07, 6.45) is 3.09. The largest absolute Gasteiger partial charge is 0.503 e. The van der Waals surface area contributed by atoms with Gasteiger partial charge in [-0.2, -0.15) is 0 Å². The number of aliphatic hydroxyl groups is 1. The van der Waals surface area contributed by atoms with Crippen LogP contribution in [0.5, 0.6) is 5.75 Å². The average Bonchev–Trinajstić information content (AvgIpc) is 3.28. The maximum atomic E-state index is 13.0. The smallest absolute Gasteiger partial charge is 0.290 e. The van der Waals surface area contributed by atoms with Gasteiger partial charge in [0.25, 0.3) is 5.91 Å². The van der Waals surface area contributed by atoms with Gasteiger partial charge in [0.15, 0.2) is 11.5 Å². The second-order valence-corrected chi connectivity index (χ2v) is 7.06. The van der Waals surface area contributed by atoms with Gasteiger partial charge in [-0.05, 0) is 50.1 Å². The molecule has 3 rings (SSSR count). The first kappa shape index (κ1) is 19.7. The zero-order valence-corrected chi connectivity index (χ0v) is 16.3. The van der Waals surface area contributed by atoms with Gasteiger partial charge in [0, 0.05) is 6.54 Å². The van der Waals surface area contributed by atoms with Gasteiger partial charge >= 0.3 is 0 Å². The van der Waals surface area contributed by atoms with Crippen LogP contribution in [0.15, 0.2) is 58.4 Å². The second-order valence-electron chi connectivity index (χ2n) is 7.06. The molecule has 1 amide bonds. The number of hydrogen-bond donors (Lipinski definition) is 1. The summed E-state index contributed by atoms with van der Waals surface area (Å²) in [5.74, 6) is -0.727. The zero-order valence-electron chi connectivity index (χ0n) is 16.3. The van der Waals surface area contributed by atoms with E-state index in [0.29, 0.717) is 12.3 Å². The zero-order chi connectivity index (χ0) is 20.3. The molecule has 2 aromatic rings. The highest BCUT2D eigenvalue weighted by atomic mass is 16.5. The summed E-state index contributed by atoms with van der Waals surface area (Å²) < 4.78 is 10.9. The Bertz CT molecular complexity index is 865. The van der Waals surface area contributed by atoms with Crippen LogP contribution in [0, 0.1) is 0 Å². The van der Waals surface area contributed by atoms with E-state index in [4.69, 9.17) is 9.15 Å². The van der Waals surface area contributed by atoms with Gasteiger partial charge in [0.1, 0.15) is 5.75 Å². The molecule has 0 aliphatic carbocycles. The molecule has 1 aliphatic heterocycles. The van der Waals surface area contributed by atoms with E-state index in [0.717, 1.165) is 18.4 Å². The molecule has 0 saturated heterocycles. The molecule has 1 N–H and O–H groups in total. The standard InChI is InChI=1S/C22H25NO5/c1-4-5-12-23-19(15-8-10-16(11-9-15)28-14(2)3)18(21(25)22(23)26)20(24)17-7-6-13-27-17/h6-11,13-14,19,25H,4-5,12H2,1-3H3. The van der Waals surface area contributed by atoms with E-state index in [1.165, 1.54) is 12.3 Å². The molecule has 1 unspecified atom stereocenters. The summed E-state index contributed by atoms with van der Waals surface area (Å²) in [5, 5.41) is 10.5. The van der Waals surface area contributed by atoms with Gasteiger partial charge in [-0.25, -0.2) is 0 Å². The highest BCUT2D eigenvalue weighted by molar-refractivity contribution is 6.15. The fraction of sp³-hybridized carbons (Fsp3) is 0.364. The van der Waals surface area contributed by atoms with E-state index in [-0.39, 0.29) is 17.4 Å². The van der Waals surface area contributed by atoms with E-state index in [1.807, 2.05) is 45.0 Å². The third-order valence-corrected chi connectivity index (χ3v) is 4.61. The number of furan rings is 1. The number of ketones is 1. The molecule has 1 aromatic carbocycles. The van der Waals surface area contributed by atoms with E-state index in [1.54, 1.807) is 11.0 Å². The Hall–Kier alpha value is -3.02. The van der Waals surface area contributed by atoms with Gasteiger partial charge in [0.2, 0.25) is 5.78 Å². The monoisotopic (exact) mass is 383 g/mol. The Kier molecular flexibility index (Phi) is 5.87. The first-order chi connectivity index (χ1) is 13.4. The summed E-state index contributed by atoms with van der Waals surface area (Å²) in [5.41, 5.74) is 0.785. The van der Waals surface area contributed by atoms with Crippen molar-refractivity contribution < 1.29 is 23.8 Å². The number of amides is 1. The predicted molar refractivity (Wildman–Crippen MR) is 104 cm³/mol. The molecule has 0 radical (unpaired) electrons. The van der Waals surface area contributed by atoms with Crippen LogP contribution in [0.4, 0.5) is 0 Å². The van der Waals surface area contributed by atoms with Crippen LogP contribution in [0.2, 0.25) is 0 Å². The lowest BCUT2D eigenvalue weighted by Crippen LogP contribution is -2.32. The van der Waals surface area contributed by atoms with Crippen LogP contribution in [0.1, 0.15) is 55.8 Å². The number of Topliss-reactive ketones (excluding diaryl/α,β-unsaturated/α-hetero) is 1.